The highest BCUT2D eigenvalue weighted by atomic mass is 35.5. The van der Waals surface area contributed by atoms with Gasteiger partial charge in [-0.05, 0) is 181 Å². The van der Waals surface area contributed by atoms with E-state index in [-0.39, 0.29) is 78.1 Å². The van der Waals surface area contributed by atoms with Crippen LogP contribution in [-0.2, 0) is 82.6 Å². The zero-order valence-corrected chi connectivity index (χ0v) is 66.6. The molecule has 6 aliphatic carbocycles. The summed E-state index contributed by atoms with van der Waals surface area (Å²) in [6.45, 7) is 8.59. The van der Waals surface area contributed by atoms with Crippen molar-refractivity contribution in [3.05, 3.63) is 152 Å². The van der Waals surface area contributed by atoms with Crippen LogP contribution in [-0.4, -0.2) is 259 Å². The third kappa shape index (κ3) is 31.0. The molecule has 2 aromatic rings. The Bertz CT molecular complexity index is 3400. The Labute approximate surface area is 641 Å². The average Bonchev–Trinajstić information content (AvgIpc) is 0.749. The van der Waals surface area contributed by atoms with Crippen molar-refractivity contribution in [3.63, 3.8) is 0 Å². The number of quaternary nitrogens is 1. The Kier molecular flexibility index (Phi) is 41.9. The average molecular weight is 1540 g/mol. The normalized spacial score (nSPS) is 16.1. The van der Waals surface area contributed by atoms with Crippen molar-refractivity contribution in [3.8, 4) is 0 Å². The quantitative estimate of drug-likeness (QED) is 0.0108. The van der Waals surface area contributed by atoms with E-state index in [0.29, 0.717) is 51.9 Å². The lowest BCUT2D eigenvalue weighted by Crippen LogP contribution is -3.00. The molecule has 6 aliphatic rings. The molecular formula is C79H115BCl2N4O19P. The van der Waals surface area contributed by atoms with Crippen LogP contribution in [0.4, 0.5) is 19.2 Å². The van der Waals surface area contributed by atoms with E-state index in [1.165, 1.54) is 80.6 Å². The van der Waals surface area contributed by atoms with Crippen molar-refractivity contribution in [2.24, 2.45) is 10.8 Å². The number of carbonyl (C=O) groups excluding carboxylic acids is 6. The van der Waals surface area contributed by atoms with Crippen LogP contribution in [0.3, 0.4) is 0 Å². The fraction of sp³-hybridized carbons (Fsp3) is 0.570. The third-order valence-electron chi connectivity index (χ3n) is 18.2. The highest BCUT2D eigenvalue weighted by molar-refractivity contribution is 7.68. The summed E-state index contributed by atoms with van der Waals surface area (Å²) in [6.07, 6.45) is 31.7. The highest BCUT2D eigenvalue weighted by Gasteiger charge is 2.39. The molecule has 0 heterocycles. The predicted octanol–water partition coefficient (Wildman–Crippen LogP) is 8.27. The molecule has 5 atom stereocenters. The lowest BCUT2D eigenvalue weighted by Gasteiger charge is -2.34. The topological polar surface area (TPSA) is 265 Å². The summed E-state index contributed by atoms with van der Waals surface area (Å²) in [5.41, 5.74) is 13.6. The number of aryl methyl sites for hydroxylation is 2. The Morgan fingerprint density at radius 3 is 1.24 bits per heavy atom. The summed E-state index contributed by atoms with van der Waals surface area (Å²) in [4.78, 5) is 79.0. The molecule has 587 valence electrons. The van der Waals surface area contributed by atoms with E-state index in [1.807, 2.05) is 20.8 Å². The number of nitrogens with zero attached hydrogens (tertiary/aromatic N) is 4. The molecule has 27 heteroatoms. The zero-order valence-electron chi connectivity index (χ0n) is 64.1. The van der Waals surface area contributed by atoms with Crippen LogP contribution in [0.1, 0.15) is 122 Å². The number of allylic oxidation sites excluding steroid dienone is 14. The number of alkyl halides is 1. The van der Waals surface area contributed by atoms with Crippen LogP contribution in [0.25, 0.3) is 12.2 Å². The first kappa shape index (κ1) is 91.6. The highest BCUT2D eigenvalue weighted by Crippen LogP contribution is 2.48. The third-order valence-corrected chi connectivity index (χ3v) is 18.7. The van der Waals surface area contributed by atoms with Gasteiger partial charge in [-0.25, -0.2) is 19.2 Å². The summed E-state index contributed by atoms with van der Waals surface area (Å²) in [7, 11) is 18.4. The molecule has 8 rings (SSSR count). The molecular weight excluding hydrogens is 1420 g/mol. The van der Waals surface area contributed by atoms with E-state index in [0.717, 1.165) is 82.9 Å². The smallest absolute Gasteiger partial charge is 0.508 e. The zero-order chi connectivity index (χ0) is 76.8. The van der Waals surface area contributed by atoms with Crippen molar-refractivity contribution in [2.75, 3.05) is 181 Å². The van der Waals surface area contributed by atoms with Gasteiger partial charge in [-0.3, -0.25) is 9.59 Å². The van der Waals surface area contributed by atoms with Gasteiger partial charge >= 0.3 is 43.8 Å². The number of likely N-dealkylation sites (N-methyl/N-ethyl adjacent to an activating group) is 4. The molecule has 1 radical (unpaired) electrons. The molecule has 0 aromatic heterocycles. The van der Waals surface area contributed by atoms with E-state index in [2.05, 4.69) is 154 Å². The molecule has 5 unspecified atom stereocenters. The van der Waals surface area contributed by atoms with Crippen LogP contribution in [0, 0.1) is 10.8 Å². The lowest BCUT2D eigenvalue weighted by molar-refractivity contribution is -0.890. The first-order chi connectivity index (χ1) is 50.3. The minimum atomic E-state index is -1.41. The van der Waals surface area contributed by atoms with Crippen LogP contribution >= 0.6 is 20.1 Å². The predicted molar refractivity (Wildman–Crippen MR) is 411 cm³/mol. The van der Waals surface area contributed by atoms with Crippen molar-refractivity contribution in [1.29, 1.82) is 0 Å². The molecule has 0 aliphatic heterocycles. The standard InChI is InChI=1S/C39H55N2O9.C33H39ClO9.C6H16N2.CH5BOP.ClH/c1-39(27-42,36(43)46-24-9-21-41(4,5)22-20-40(2)3)28-50-38(45)49-26-10-25-48-37(44)47-23-7-6-11-29-14-15-32-17-16-30-12-8-13-31-18-19-33(29)35(32)34(30)31;1-33(21-35,30(36)39-18-5-16-34)22-43-32(38)42-20-6-19-41-31(37)40-17-3-2-7-23-10-11-26-13-12-24-8-4-9-25-14-15-27(23)29(26)28(24)25;1-7(2)5-6-8(3)4;1-4-2-3;/h8,12-16,18-19,34,42H,6-7,9-11,17,20-28H2,1-5H3;4,8-12,14-15,28,35H,2-3,5-7,13,16-22H2,1H3;5-6H2,1-4H3;3-4H,1H3;1H/q+1;;;;/p-1. The molecule has 3 N–H and O–H groups in total. The fourth-order valence-electron chi connectivity index (χ4n) is 11.8. The first-order valence-corrected chi connectivity index (χ1v) is 38.5. The number of aliphatic hydroxyl groups excluding tert-OH is 2. The van der Waals surface area contributed by atoms with Gasteiger partial charge in [-0.2, -0.15) is 0 Å². The second-order valence-electron chi connectivity index (χ2n) is 28.4. The second kappa shape index (κ2) is 48.6. The largest absolute Gasteiger partial charge is 1.00 e. The maximum atomic E-state index is 12.6. The number of aliphatic hydroxyl groups is 2. The number of rotatable bonds is 40. The van der Waals surface area contributed by atoms with Gasteiger partial charge in [0, 0.05) is 56.6 Å². The molecule has 0 bridgehead atoms. The van der Waals surface area contributed by atoms with Gasteiger partial charge in [0.2, 0.25) is 0 Å². The van der Waals surface area contributed by atoms with Gasteiger partial charge in [0.05, 0.1) is 93.3 Å². The number of benzene rings is 2. The summed E-state index contributed by atoms with van der Waals surface area (Å²) < 4.78 is 51.6. The number of hydrogen-bond acceptors (Lipinski definition) is 22. The van der Waals surface area contributed by atoms with Gasteiger partial charge in [-0.1, -0.05) is 104 Å². The summed E-state index contributed by atoms with van der Waals surface area (Å²) in [6, 6.07) is 8.96. The Morgan fingerprint density at radius 2 is 0.868 bits per heavy atom. The molecule has 0 saturated carbocycles. The van der Waals surface area contributed by atoms with Gasteiger partial charge in [-0.15, -0.1) is 20.1 Å². The van der Waals surface area contributed by atoms with E-state index in [9.17, 15) is 39.0 Å². The second-order valence-corrected chi connectivity index (χ2v) is 29.6. The summed E-state index contributed by atoms with van der Waals surface area (Å²) >= 11 is 5.55. The molecule has 0 saturated heterocycles. The molecule has 23 nitrogen and oxygen atoms in total. The molecule has 0 fully saturated rings. The Hall–Kier alpha value is -6.83. The molecule has 0 spiro atoms. The molecule has 106 heavy (non-hydrogen) atoms. The van der Waals surface area contributed by atoms with Crippen LogP contribution in [0.5, 0.6) is 0 Å². The van der Waals surface area contributed by atoms with E-state index in [1.54, 1.807) is 0 Å². The number of esters is 2. The van der Waals surface area contributed by atoms with E-state index >= 15 is 0 Å². The monoisotopic (exact) mass is 1540 g/mol. The molecule has 0 amide bonds. The van der Waals surface area contributed by atoms with Gasteiger partial charge < -0.3 is 94.2 Å². The fourth-order valence-corrected chi connectivity index (χ4v) is 11.9. The molecule has 2 aromatic carbocycles. The summed E-state index contributed by atoms with van der Waals surface area (Å²) in [5.74, 6) is -0.334. The van der Waals surface area contributed by atoms with Gasteiger partial charge in [0.15, 0.2) is 0 Å². The summed E-state index contributed by atoms with van der Waals surface area (Å²) in [5, 5.41) is 27.1. The lowest BCUT2D eigenvalue weighted by atomic mass is 9.70. The Balaban J connectivity index is 0.000000387. The maximum Gasteiger partial charge on any atom is 0.508 e. The number of carbonyl (C=O) groups is 6. The Morgan fingerprint density at radius 1 is 0.500 bits per heavy atom. The number of hydrogen-bond donors (Lipinski definition) is 3. The van der Waals surface area contributed by atoms with E-state index < -0.39 is 73.8 Å². The number of unbranched alkanes of at least 4 members (excludes halogenated alkanes) is 2. The number of ether oxygens (including phenoxy) is 10. The van der Waals surface area contributed by atoms with Crippen LogP contribution in [0.15, 0.2) is 107 Å². The maximum absolute atomic E-state index is 12.6. The van der Waals surface area contributed by atoms with Gasteiger partial charge in [0.1, 0.15) is 24.0 Å². The minimum Gasteiger partial charge on any atom is -1.00 e. The number of halogens is 2. The van der Waals surface area contributed by atoms with Crippen LogP contribution in [0.2, 0.25) is 0 Å². The van der Waals surface area contributed by atoms with Gasteiger partial charge in [0.25, 0.3) is 0 Å². The van der Waals surface area contributed by atoms with Crippen molar-refractivity contribution < 1.29 is 108 Å². The van der Waals surface area contributed by atoms with E-state index in [4.69, 9.17) is 64.0 Å². The minimum absolute atomic E-state index is 0. The SMILES string of the molecule is CC(CO)(COC(=O)OCCCOC(=O)OCCCCc1ccc2c3c1C=CC1=CC=CC(=CC2)C13)C(=O)OCCCCl.CN(C)CCN(C)C.CN(C)CC[N+](C)(C)CCCOC(=O)C(C)(CO)COC(=O)OCCCOC(=O)OCCCCc1ccc2c3c1C=CC1=CC=CC(=CC2)C13.CP[B]O.[Cl-]. The van der Waals surface area contributed by atoms with Crippen molar-refractivity contribution in [2.45, 2.75) is 103 Å². The first-order valence-electron chi connectivity index (χ1n) is 36.3. The van der Waals surface area contributed by atoms with Crippen molar-refractivity contribution >= 4 is 76.0 Å². The van der Waals surface area contributed by atoms with Crippen LogP contribution < -0.4 is 12.4 Å². The van der Waals surface area contributed by atoms with Crippen molar-refractivity contribution in [1.82, 2.24) is 14.7 Å².